The Balaban J connectivity index is 1.67. The molecule has 3 rings (SSSR count). The Kier molecular flexibility index (Phi) is 3.32. The molecule has 2 bridgehead atoms. The third-order valence-electron chi connectivity index (χ3n) is 4.62. The van der Waals surface area contributed by atoms with Gasteiger partial charge in [-0.05, 0) is 55.4 Å². The second-order valence-electron chi connectivity index (χ2n) is 6.07. The van der Waals surface area contributed by atoms with E-state index in [-0.39, 0.29) is 16.7 Å². The first-order chi connectivity index (χ1) is 9.43. The highest BCUT2D eigenvalue weighted by Gasteiger charge is 2.42. The maximum atomic E-state index is 12.3. The maximum Gasteiger partial charge on any atom is 0.227 e. The minimum absolute atomic E-state index is 0.0873. The van der Waals surface area contributed by atoms with Crippen LogP contribution in [0.3, 0.4) is 0 Å². The summed E-state index contributed by atoms with van der Waals surface area (Å²) < 4.78 is 22.7. The third kappa shape index (κ3) is 2.59. The zero-order valence-corrected chi connectivity index (χ0v) is 12.3. The van der Waals surface area contributed by atoms with Crippen LogP contribution in [0.1, 0.15) is 25.7 Å². The molecular formula is C15H19NO3S. The molecule has 0 spiro atoms. The van der Waals surface area contributed by atoms with Crippen molar-refractivity contribution < 1.29 is 13.2 Å². The molecule has 2 fully saturated rings. The summed E-state index contributed by atoms with van der Waals surface area (Å²) in [4.78, 5) is 12.5. The fraction of sp³-hybridized carbons (Fsp3) is 0.533. The highest BCUT2D eigenvalue weighted by molar-refractivity contribution is 7.90. The lowest BCUT2D eigenvalue weighted by Crippen LogP contribution is -2.27. The third-order valence-corrected chi connectivity index (χ3v) is 5.75. The quantitative estimate of drug-likeness (QED) is 0.931. The second kappa shape index (κ2) is 4.88. The van der Waals surface area contributed by atoms with Crippen LogP contribution in [-0.2, 0) is 14.6 Å². The maximum absolute atomic E-state index is 12.3. The molecule has 1 N–H and O–H groups in total. The number of carbonyl (C=O) groups is 1. The summed E-state index contributed by atoms with van der Waals surface area (Å²) in [5.74, 6) is 1.52. The van der Waals surface area contributed by atoms with Gasteiger partial charge in [0.05, 0.1) is 4.90 Å². The van der Waals surface area contributed by atoms with Crippen molar-refractivity contribution in [2.75, 3.05) is 11.6 Å². The first kappa shape index (κ1) is 13.6. The fourth-order valence-electron chi connectivity index (χ4n) is 3.59. The largest absolute Gasteiger partial charge is 0.326 e. The fourth-order valence-corrected chi connectivity index (χ4v) is 4.22. The van der Waals surface area contributed by atoms with Gasteiger partial charge in [0.1, 0.15) is 0 Å². The molecule has 0 aliphatic heterocycles. The lowest BCUT2D eigenvalue weighted by atomic mass is 9.88. The van der Waals surface area contributed by atoms with E-state index in [0.29, 0.717) is 11.6 Å². The van der Waals surface area contributed by atoms with Crippen LogP contribution < -0.4 is 5.32 Å². The number of benzene rings is 1. The van der Waals surface area contributed by atoms with Crippen molar-refractivity contribution in [3.8, 4) is 0 Å². The minimum Gasteiger partial charge on any atom is -0.326 e. The van der Waals surface area contributed by atoms with Crippen molar-refractivity contribution in [1.82, 2.24) is 0 Å². The molecule has 0 radical (unpaired) electrons. The summed E-state index contributed by atoms with van der Waals surface area (Å²) in [7, 11) is -3.18. The van der Waals surface area contributed by atoms with Crippen LogP contribution in [0.25, 0.3) is 0 Å². The second-order valence-corrected chi connectivity index (χ2v) is 8.08. The first-order valence-corrected chi connectivity index (χ1v) is 8.93. The standard InChI is InChI=1S/C15H19NO3S/c1-20(18,19)13-6-4-12(5-7-13)16-15(17)14-9-10-2-3-11(14)8-10/h4-7,10-11,14H,2-3,8-9H2,1H3,(H,16,17). The van der Waals surface area contributed by atoms with E-state index in [1.807, 2.05) is 0 Å². The molecular weight excluding hydrogens is 274 g/mol. The van der Waals surface area contributed by atoms with E-state index in [9.17, 15) is 13.2 Å². The Morgan fingerprint density at radius 3 is 2.35 bits per heavy atom. The predicted molar refractivity (Wildman–Crippen MR) is 77.1 cm³/mol. The molecule has 5 heteroatoms. The van der Waals surface area contributed by atoms with E-state index < -0.39 is 9.84 Å². The predicted octanol–water partition coefficient (Wildman–Crippen LogP) is 2.46. The Morgan fingerprint density at radius 1 is 1.15 bits per heavy atom. The number of amides is 1. The number of carbonyl (C=O) groups excluding carboxylic acids is 1. The normalized spacial score (nSPS) is 28.6. The van der Waals surface area contributed by atoms with E-state index in [0.717, 1.165) is 12.3 Å². The summed E-state index contributed by atoms with van der Waals surface area (Å²) in [6.07, 6.45) is 5.84. The van der Waals surface area contributed by atoms with Crippen LogP contribution in [0, 0.1) is 17.8 Å². The molecule has 2 aliphatic rings. The van der Waals surface area contributed by atoms with Crippen LogP contribution in [-0.4, -0.2) is 20.6 Å². The molecule has 108 valence electrons. The number of anilines is 1. The number of hydrogen-bond donors (Lipinski definition) is 1. The highest BCUT2D eigenvalue weighted by Crippen LogP contribution is 2.48. The topological polar surface area (TPSA) is 63.2 Å². The number of hydrogen-bond acceptors (Lipinski definition) is 3. The van der Waals surface area contributed by atoms with Crippen molar-refractivity contribution in [2.45, 2.75) is 30.6 Å². The summed E-state index contributed by atoms with van der Waals surface area (Å²) >= 11 is 0. The van der Waals surface area contributed by atoms with Gasteiger partial charge in [0, 0.05) is 17.9 Å². The number of sulfone groups is 1. The highest BCUT2D eigenvalue weighted by atomic mass is 32.2. The van der Waals surface area contributed by atoms with Crippen LogP contribution in [0.4, 0.5) is 5.69 Å². The van der Waals surface area contributed by atoms with Crippen LogP contribution in [0.15, 0.2) is 29.2 Å². The molecule has 1 aromatic rings. The molecule has 20 heavy (non-hydrogen) atoms. The molecule has 1 aromatic carbocycles. The molecule has 3 atom stereocenters. The van der Waals surface area contributed by atoms with Gasteiger partial charge in [-0.3, -0.25) is 4.79 Å². The van der Waals surface area contributed by atoms with E-state index >= 15 is 0 Å². The lowest BCUT2D eigenvalue weighted by molar-refractivity contribution is -0.121. The number of nitrogens with one attached hydrogen (secondary N) is 1. The smallest absolute Gasteiger partial charge is 0.227 e. The van der Waals surface area contributed by atoms with Crippen LogP contribution >= 0.6 is 0 Å². The molecule has 1 amide bonds. The van der Waals surface area contributed by atoms with E-state index in [4.69, 9.17) is 0 Å². The van der Waals surface area contributed by atoms with Crippen molar-refractivity contribution >= 4 is 21.4 Å². The average molecular weight is 293 g/mol. The number of fused-ring (bicyclic) bond motifs is 2. The minimum atomic E-state index is -3.18. The molecule has 2 aliphatic carbocycles. The van der Waals surface area contributed by atoms with Gasteiger partial charge >= 0.3 is 0 Å². The summed E-state index contributed by atoms with van der Waals surface area (Å²) in [5.41, 5.74) is 0.671. The van der Waals surface area contributed by atoms with Crippen LogP contribution in [0.2, 0.25) is 0 Å². The van der Waals surface area contributed by atoms with Gasteiger partial charge in [0.2, 0.25) is 5.91 Å². The Bertz CT molecular complexity index is 621. The van der Waals surface area contributed by atoms with Gasteiger partial charge in [-0.25, -0.2) is 8.42 Å². The van der Waals surface area contributed by atoms with Gasteiger partial charge in [0.15, 0.2) is 9.84 Å². The summed E-state index contributed by atoms with van der Waals surface area (Å²) in [6.45, 7) is 0. The summed E-state index contributed by atoms with van der Waals surface area (Å²) in [6, 6.07) is 6.38. The Hall–Kier alpha value is -1.36. The molecule has 0 aromatic heterocycles. The molecule has 0 saturated heterocycles. The van der Waals surface area contributed by atoms with Gasteiger partial charge in [-0.15, -0.1) is 0 Å². The van der Waals surface area contributed by atoms with Gasteiger partial charge in [-0.1, -0.05) is 6.42 Å². The Labute approximate surface area is 119 Å². The van der Waals surface area contributed by atoms with E-state index in [1.165, 1.54) is 37.7 Å². The van der Waals surface area contributed by atoms with Crippen molar-refractivity contribution in [3.05, 3.63) is 24.3 Å². The zero-order valence-electron chi connectivity index (χ0n) is 11.5. The lowest BCUT2D eigenvalue weighted by Gasteiger charge is -2.20. The van der Waals surface area contributed by atoms with Crippen molar-refractivity contribution in [1.29, 1.82) is 0 Å². The number of rotatable bonds is 3. The van der Waals surface area contributed by atoms with Crippen LogP contribution in [0.5, 0.6) is 0 Å². The molecule has 2 saturated carbocycles. The molecule has 3 unspecified atom stereocenters. The van der Waals surface area contributed by atoms with Gasteiger partial charge in [0.25, 0.3) is 0 Å². The van der Waals surface area contributed by atoms with E-state index in [2.05, 4.69) is 5.32 Å². The molecule has 0 heterocycles. The van der Waals surface area contributed by atoms with Crippen molar-refractivity contribution in [3.63, 3.8) is 0 Å². The monoisotopic (exact) mass is 293 g/mol. The summed E-state index contributed by atoms with van der Waals surface area (Å²) in [5, 5.41) is 2.91. The van der Waals surface area contributed by atoms with Gasteiger partial charge < -0.3 is 5.32 Å². The Morgan fingerprint density at radius 2 is 1.85 bits per heavy atom. The molecule has 4 nitrogen and oxygen atoms in total. The van der Waals surface area contributed by atoms with Crippen molar-refractivity contribution in [2.24, 2.45) is 17.8 Å². The average Bonchev–Trinajstić information content (AvgIpc) is 3.00. The van der Waals surface area contributed by atoms with Gasteiger partial charge in [-0.2, -0.15) is 0 Å². The first-order valence-electron chi connectivity index (χ1n) is 7.04. The van der Waals surface area contributed by atoms with E-state index in [1.54, 1.807) is 12.1 Å². The zero-order chi connectivity index (χ0) is 14.3. The SMILES string of the molecule is CS(=O)(=O)c1ccc(NC(=O)C2CC3CCC2C3)cc1.